The van der Waals surface area contributed by atoms with Crippen molar-refractivity contribution >= 4 is 5.91 Å². The monoisotopic (exact) mass is 280 g/mol. The van der Waals surface area contributed by atoms with E-state index < -0.39 is 18.1 Å². The second kappa shape index (κ2) is 7.12. The zero-order valence-electron chi connectivity index (χ0n) is 11.5. The summed E-state index contributed by atoms with van der Waals surface area (Å²) in [7, 11) is 0. The number of carbonyl (C=O) groups excluding carboxylic acids is 1. The Morgan fingerprint density at radius 1 is 1.37 bits per heavy atom. The van der Waals surface area contributed by atoms with Crippen LogP contribution in [0.5, 0.6) is 0 Å². The van der Waals surface area contributed by atoms with Gasteiger partial charge in [0.2, 0.25) is 5.91 Å². The Labute approximate surface area is 112 Å². The first kappa shape index (κ1) is 16.3. The van der Waals surface area contributed by atoms with Gasteiger partial charge in [-0.15, -0.1) is 0 Å². The van der Waals surface area contributed by atoms with Gasteiger partial charge in [-0.2, -0.15) is 13.2 Å². The van der Waals surface area contributed by atoms with Crippen LogP contribution in [0.2, 0.25) is 0 Å². The fourth-order valence-corrected chi connectivity index (χ4v) is 2.39. The smallest absolute Gasteiger partial charge is 0.352 e. The molecular formula is C13H23F3N2O. The molecule has 0 saturated carbocycles. The Morgan fingerprint density at radius 2 is 2.05 bits per heavy atom. The lowest BCUT2D eigenvalue weighted by Gasteiger charge is -2.31. The van der Waals surface area contributed by atoms with Crippen LogP contribution >= 0.6 is 0 Å². The fourth-order valence-electron chi connectivity index (χ4n) is 2.39. The second-order valence-corrected chi connectivity index (χ2v) is 5.18. The number of hydrogen-bond acceptors (Lipinski definition) is 2. The third-order valence-corrected chi connectivity index (χ3v) is 3.67. The van der Waals surface area contributed by atoms with Gasteiger partial charge in [0.05, 0.1) is 12.0 Å². The van der Waals surface area contributed by atoms with Crippen LogP contribution in [0.25, 0.3) is 0 Å². The van der Waals surface area contributed by atoms with Crippen LogP contribution in [0.1, 0.15) is 46.0 Å². The van der Waals surface area contributed by atoms with Crippen LogP contribution in [0.4, 0.5) is 13.2 Å². The SMILES string of the molecule is CCCC(CC)NC(=O)C1CCC(C(F)(F)F)CN1. The summed E-state index contributed by atoms with van der Waals surface area (Å²) >= 11 is 0. The van der Waals surface area contributed by atoms with E-state index in [9.17, 15) is 18.0 Å². The van der Waals surface area contributed by atoms with E-state index >= 15 is 0 Å². The van der Waals surface area contributed by atoms with Crippen LogP contribution in [0, 0.1) is 5.92 Å². The molecule has 0 spiro atoms. The van der Waals surface area contributed by atoms with Gasteiger partial charge in [0.1, 0.15) is 0 Å². The maximum Gasteiger partial charge on any atom is 0.393 e. The third kappa shape index (κ3) is 5.01. The van der Waals surface area contributed by atoms with Crippen molar-refractivity contribution in [2.24, 2.45) is 5.92 Å². The molecule has 1 saturated heterocycles. The molecule has 3 nitrogen and oxygen atoms in total. The molecule has 0 bridgehead atoms. The minimum absolute atomic E-state index is 0.0269. The lowest BCUT2D eigenvalue weighted by atomic mass is 9.93. The van der Waals surface area contributed by atoms with E-state index in [2.05, 4.69) is 10.6 Å². The summed E-state index contributed by atoms with van der Waals surface area (Å²) in [6, 6.07) is -0.357. The van der Waals surface area contributed by atoms with E-state index in [1.807, 2.05) is 13.8 Å². The summed E-state index contributed by atoms with van der Waals surface area (Å²) in [4.78, 5) is 11.9. The zero-order valence-corrected chi connectivity index (χ0v) is 11.5. The molecule has 0 aromatic rings. The summed E-state index contributed by atoms with van der Waals surface area (Å²) < 4.78 is 37.5. The first-order valence-electron chi connectivity index (χ1n) is 6.98. The maximum atomic E-state index is 12.5. The lowest BCUT2D eigenvalue weighted by Crippen LogP contribution is -2.53. The first-order chi connectivity index (χ1) is 8.88. The van der Waals surface area contributed by atoms with Gasteiger partial charge < -0.3 is 10.6 Å². The van der Waals surface area contributed by atoms with Gasteiger partial charge in [-0.3, -0.25) is 4.79 Å². The molecule has 0 aromatic carbocycles. The summed E-state index contributed by atoms with van der Waals surface area (Å²) in [5.41, 5.74) is 0. The van der Waals surface area contributed by atoms with Crippen LogP contribution < -0.4 is 10.6 Å². The van der Waals surface area contributed by atoms with E-state index in [0.29, 0.717) is 0 Å². The number of hydrogen-bond donors (Lipinski definition) is 2. The molecule has 1 aliphatic rings. The number of alkyl halides is 3. The van der Waals surface area contributed by atoms with Gasteiger partial charge in [-0.25, -0.2) is 0 Å². The minimum atomic E-state index is -4.16. The van der Waals surface area contributed by atoms with E-state index in [1.54, 1.807) is 0 Å². The van der Waals surface area contributed by atoms with E-state index in [-0.39, 0.29) is 31.3 Å². The Hall–Kier alpha value is -0.780. The van der Waals surface area contributed by atoms with Gasteiger partial charge in [0, 0.05) is 12.6 Å². The van der Waals surface area contributed by atoms with Crippen LogP contribution in [-0.2, 0) is 4.79 Å². The lowest BCUT2D eigenvalue weighted by molar-refractivity contribution is -0.180. The zero-order chi connectivity index (χ0) is 14.5. The van der Waals surface area contributed by atoms with Gasteiger partial charge in [0.15, 0.2) is 0 Å². The summed E-state index contributed by atoms with van der Waals surface area (Å²) in [5, 5.41) is 5.62. The van der Waals surface area contributed by atoms with Crippen molar-refractivity contribution in [1.29, 1.82) is 0 Å². The van der Waals surface area contributed by atoms with Crippen LogP contribution in [0.15, 0.2) is 0 Å². The largest absolute Gasteiger partial charge is 0.393 e. The number of nitrogens with one attached hydrogen (secondary N) is 2. The number of rotatable bonds is 5. The molecule has 1 amide bonds. The predicted molar refractivity (Wildman–Crippen MR) is 67.7 cm³/mol. The number of piperidine rings is 1. The third-order valence-electron chi connectivity index (χ3n) is 3.67. The normalized spacial score (nSPS) is 25.9. The molecule has 0 aliphatic carbocycles. The number of halogens is 3. The van der Waals surface area contributed by atoms with Gasteiger partial charge in [-0.1, -0.05) is 20.3 Å². The highest BCUT2D eigenvalue weighted by Crippen LogP contribution is 2.31. The Balaban J connectivity index is 2.40. The number of amides is 1. The molecule has 0 radical (unpaired) electrons. The van der Waals surface area contributed by atoms with Crippen molar-refractivity contribution in [3.63, 3.8) is 0 Å². The van der Waals surface area contributed by atoms with E-state index in [0.717, 1.165) is 19.3 Å². The highest BCUT2D eigenvalue weighted by Gasteiger charge is 2.42. The molecular weight excluding hydrogens is 257 g/mol. The van der Waals surface area contributed by atoms with E-state index in [1.165, 1.54) is 0 Å². The Bertz CT molecular complexity index is 286. The molecule has 3 atom stereocenters. The molecule has 3 unspecified atom stereocenters. The first-order valence-corrected chi connectivity index (χ1v) is 6.98. The van der Waals surface area contributed by atoms with Crippen molar-refractivity contribution < 1.29 is 18.0 Å². The molecule has 0 aromatic heterocycles. The molecule has 6 heteroatoms. The average Bonchev–Trinajstić information content (AvgIpc) is 2.37. The summed E-state index contributed by atoms with van der Waals surface area (Å²) in [6.45, 7) is 3.88. The molecule has 1 aliphatic heterocycles. The molecule has 1 fully saturated rings. The van der Waals surface area contributed by atoms with Crippen LogP contribution in [0.3, 0.4) is 0 Å². The highest BCUT2D eigenvalue weighted by molar-refractivity contribution is 5.82. The Kier molecular flexibility index (Phi) is 6.10. The molecule has 112 valence electrons. The average molecular weight is 280 g/mol. The molecule has 2 N–H and O–H groups in total. The second-order valence-electron chi connectivity index (χ2n) is 5.18. The molecule has 1 rings (SSSR count). The number of carbonyl (C=O) groups is 1. The van der Waals surface area contributed by atoms with Gasteiger partial charge >= 0.3 is 6.18 Å². The van der Waals surface area contributed by atoms with E-state index in [4.69, 9.17) is 0 Å². The fraction of sp³-hybridized carbons (Fsp3) is 0.923. The molecule has 1 heterocycles. The standard InChI is InChI=1S/C13H23F3N2O/c1-3-5-10(4-2)18-12(19)11-7-6-9(8-17-11)13(14,15)16/h9-11,17H,3-8H2,1-2H3,(H,18,19). The minimum Gasteiger partial charge on any atom is -0.352 e. The predicted octanol–water partition coefficient (Wildman–Crippen LogP) is 2.61. The van der Waals surface area contributed by atoms with Crippen molar-refractivity contribution in [2.75, 3.05) is 6.54 Å². The summed E-state index contributed by atoms with van der Waals surface area (Å²) in [6.07, 6.45) is -1.16. The van der Waals surface area contributed by atoms with Gasteiger partial charge in [-0.05, 0) is 25.7 Å². The quantitative estimate of drug-likeness (QED) is 0.813. The van der Waals surface area contributed by atoms with Crippen LogP contribution in [-0.4, -0.2) is 30.7 Å². The van der Waals surface area contributed by atoms with Gasteiger partial charge in [0.25, 0.3) is 0 Å². The van der Waals surface area contributed by atoms with Crippen molar-refractivity contribution in [1.82, 2.24) is 10.6 Å². The van der Waals surface area contributed by atoms with Crippen molar-refractivity contribution in [2.45, 2.75) is 64.2 Å². The van der Waals surface area contributed by atoms with Crippen molar-refractivity contribution in [3.8, 4) is 0 Å². The topological polar surface area (TPSA) is 41.1 Å². The highest BCUT2D eigenvalue weighted by atomic mass is 19.4. The van der Waals surface area contributed by atoms with Crippen molar-refractivity contribution in [3.05, 3.63) is 0 Å². The molecule has 19 heavy (non-hydrogen) atoms. The maximum absolute atomic E-state index is 12.5. The Morgan fingerprint density at radius 3 is 2.47 bits per heavy atom. The summed E-state index contributed by atoms with van der Waals surface area (Å²) in [5.74, 6) is -1.49.